The molecule has 33 heavy (non-hydrogen) atoms. The summed E-state index contributed by atoms with van der Waals surface area (Å²) in [4.78, 5) is 24.8. The second-order valence-corrected chi connectivity index (χ2v) is 7.96. The Bertz CT molecular complexity index is 1310. The first-order valence-corrected chi connectivity index (χ1v) is 10.6. The number of benzene rings is 2. The van der Waals surface area contributed by atoms with E-state index in [2.05, 4.69) is 4.90 Å². The molecule has 0 bridgehead atoms. The first-order valence-electron chi connectivity index (χ1n) is 10.6. The predicted octanol–water partition coefficient (Wildman–Crippen LogP) is 3.74. The third-order valence-electron chi connectivity index (χ3n) is 5.86. The van der Waals surface area contributed by atoms with Gasteiger partial charge in [0.25, 0.3) is 5.69 Å². The van der Waals surface area contributed by atoms with Crippen molar-refractivity contribution in [3.8, 4) is 11.5 Å². The second-order valence-electron chi connectivity index (χ2n) is 7.96. The predicted molar refractivity (Wildman–Crippen MR) is 120 cm³/mol. The van der Waals surface area contributed by atoms with Crippen molar-refractivity contribution >= 4 is 16.7 Å². The molecule has 0 radical (unpaired) electrons. The van der Waals surface area contributed by atoms with Crippen molar-refractivity contribution in [2.45, 2.75) is 13.0 Å². The van der Waals surface area contributed by atoms with Crippen LogP contribution in [0.25, 0.3) is 11.0 Å². The maximum absolute atomic E-state index is 11.7. The van der Waals surface area contributed by atoms with Gasteiger partial charge in [-0.2, -0.15) is 0 Å². The average Bonchev–Trinajstić information content (AvgIpc) is 3.16. The van der Waals surface area contributed by atoms with Crippen LogP contribution in [0.5, 0.6) is 11.5 Å². The number of hydrogen-bond acceptors (Lipinski definition) is 8. The van der Waals surface area contributed by atoms with Gasteiger partial charge in [0.1, 0.15) is 29.4 Å². The molecule has 0 N–H and O–H groups in total. The van der Waals surface area contributed by atoms with Crippen LogP contribution in [0.2, 0.25) is 0 Å². The van der Waals surface area contributed by atoms with E-state index in [-0.39, 0.29) is 18.3 Å². The Labute approximate surface area is 188 Å². The largest absolute Gasteiger partial charge is 0.489 e. The number of nitro benzene ring substituents is 1. The quantitative estimate of drug-likeness (QED) is 0.329. The van der Waals surface area contributed by atoms with Crippen LogP contribution < -0.4 is 15.1 Å². The molecule has 1 aromatic heterocycles. The zero-order valence-corrected chi connectivity index (χ0v) is 18.0. The molecule has 5 rings (SSSR count). The Morgan fingerprint density at radius 3 is 2.79 bits per heavy atom. The van der Waals surface area contributed by atoms with Crippen molar-refractivity contribution in [1.82, 2.24) is 4.90 Å². The van der Waals surface area contributed by atoms with Gasteiger partial charge in [-0.15, -0.1) is 0 Å². The van der Waals surface area contributed by atoms with E-state index in [9.17, 15) is 14.9 Å². The molecule has 3 aromatic rings. The summed E-state index contributed by atoms with van der Waals surface area (Å²) in [6.07, 6.45) is 1.84. The Morgan fingerprint density at radius 2 is 2.00 bits per heavy atom. The van der Waals surface area contributed by atoms with Crippen molar-refractivity contribution in [1.29, 1.82) is 0 Å². The summed E-state index contributed by atoms with van der Waals surface area (Å²) in [5.74, 6) is 1.82. The first kappa shape index (κ1) is 21.2. The zero-order valence-electron chi connectivity index (χ0n) is 18.0. The summed E-state index contributed by atoms with van der Waals surface area (Å²) in [6, 6.07) is 11.2. The van der Waals surface area contributed by atoms with Crippen molar-refractivity contribution < 1.29 is 23.6 Å². The number of nitro groups is 1. The van der Waals surface area contributed by atoms with Gasteiger partial charge in [-0.25, -0.2) is 4.79 Å². The van der Waals surface area contributed by atoms with Crippen LogP contribution in [0.1, 0.15) is 17.2 Å². The number of fused-ring (bicyclic) bond motifs is 2. The molecular formula is C24H22N2O7. The van der Waals surface area contributed by atoms with Gasteiger partial charge in [-0.3, -0.25) is 15.0 Å². The highest BCUT2D eigenvalue weighted by Gasteiger charge is 2.36. The van der Waals surface area contributed by atoms with E-state index in [1.165, 1.54) is 12.1 Å². The topological polar surface area (TPSA) is 104 Å². The van der Waals surface area contributed by atoms with E-state index in [0.717, 1.165) is 16.5 Å². The van der Waals surface area contributed by atoms with E-state index < -0.39 is 10.5 Å². The van der Waals surface area contributed by atoms with E-state index in [1.54, 1.807) is 18.2 Å². The number of aryl methyl sites for hydroxylation is 1. The van der Waals surface area contributed by atoms with Crippen LogP contribution in [-0.2, 0) is 4.74 Å². The van der Waals surface area contributed by atoms with E-state index in [1.807, 2.05) is 25.1 Å². The number of ether oxygens (including phenoxy) is 3. The summed E-state index contributed by atoms with van der Waals surface area (Å²) < 4.78 is 22.7. The molecule has 0 spiro atoms. The number of morpholine rings is 1. The minimum absolute atomic E-state index is 0.0288. The number of hydrogen-bond donors (Lipinski definition) is 0. The van der Waals surface area contributed by atoms with Gasteiger partial charge in [-0.1, -0.05) is 0 Å². The number of nitrogens with zero attached hydrogens (tertiary/aromatic N) is 2. The minimum atomic E-state index is -0.404. The first-order chi connectivity index (χ1) is 16.0. The lowest BCUT2D eigenvalue weighted by Crippen LogP contribution is -2.39. The molecule has 0 saturated carbocycles. The molecule has 2 aliphatic heterocycles. The van der Waals surface area contributed by atoms with Gasteiger partial charge in [0.05, 0.1) is 24.2 Å². The highest BCUT2D eigenvalue weighted by molar-refractivity contribution is 5.81. The maximum Gasteiger partial charge on any atom is 0.336 e. The molecule has 1 atom stereocenters. The summed E-state index contributed by atoms with van der Waals surface area (Å²) in [6.45, 7) is 4.64. The van der Waals surface area contributed by atoms with Crippen LogP contribution in [0.15, 0.2) is 63.5 Å². The van der Waals surface area contributed by atoms with Gasteiger partial charge in [-0.05, 0) is 36.8 Å². The molecule has 9 heteroatoms. The molecule has 9 nitrogen and oxygen atoms in total. The molecule has 3 heterocycles. The molecule has 0 amide bonds. The fraction of sp³-hybridized carbons (Fsp3) is 0.292. The third-order valence-corrected chi connectivity index (χ3v) is 5.86. The molecular weight excluding hydrogens is 428 g/mol. The van der Waals surface area contributed by atoms with Gasteiger partial charge >= 0.3 is 5.63 Å². The van der Waals surface area contributed by atoms with Crippen molar-refractivity contribution in [3.63, 3.8) is 0 Å². The molecule has 2 aliphatic rings. The number of non-ortho nitro benzene ring substituents is 1. The summed E-state index contributed by atoms with van der Waals surface area (Å²) in [5, 5.41) is 12.1. The molecule has 2 aromatic carbocycles. The molecule has 170 valence electrons. The van der Waals surface area contributed by atoms with Gasteiger partial charge in [0, 0.05) is 48.3 Å². The highest BCUT2D eigenvalue weighted by Crippen LogP contribution is 2.44. The van der Waals surface area contributed by atoms with Crippen molar-refractivity contribution in [2.75, 3.05) is 32.9 Å². The normalized spacial score (nSPS) is 19.4. The monoisotopic (exact) mass is 450 g/mol. The summed E-state index contributed by atoms with van der Waals surface area (Å²) >= 11 is 0. The Balaban J connectivity index is 1.40. The van der Waals surface area contributed by atoms with Crippen LogP contribution in [-0.4, -0.2) is 42.7 Å². The summed E-state index contributed by atoms with van der Waals surface area (Å²) in [7, 11) is 0. The Morgan fingerprint density at radius 1 is 1.18 bits per heavy atom. The van der Waals surface area contributed by atoms with Gasteiger partial charge in [0.15, 0.2) is 0 Å². The van der Waals surface area contributed by atoms with Gasteiger partial charge < -0.3 is 18.6 Å². The summed E-state index contributed by atoms with van der Waals surface area (Å²) in [5.41, 5.74) is 1.70. The molecule has 1 unspecified atom stereocenters. The maximum atomic E-state index is 11.7. The SMILES string of the molecule is Cc1cc(=O)oc2cc(OC/C=C3\Oc4ccc([N+](=O)[O-])cc4C3N3CCOCC3)ccc12. The second kappa shape index (κ2) is 8.68. The van der Waals surface area contributed by atoms with Crippen molar-refractivity contribution in [3.05, 3.63) is 86.0 Å². The number of rotatable bonds is 5. The average molecular weight is 450 g/mol. The van der Waals surface area contributed by atoms with Gasteiger partial charge in [0.2, 0.25) is 0 Å². The fourth-order valence-corrected chi connectivity index (χ4v) is 4.27. The van der Waals surface area contributed by atoms with Crippen LogP contribution >= 0.6 is 0 Å². The zero-order chi connectivity index (χ0) is 22.9. The van der Waals surface area contributed by atoms with Crippen LogP contribution in [0, 0.1) is 17.0 Å². The van der Waals surface area contributed by atoms with Crippen molar-refractivity contribution in [2.24, 2.45) is 0 Å². The van der Waals surface area contributed by atoms with Crippen LogP contribution in [0.4, 0.5) is 5.69 Å². The van der Waals surface area contributed by atoms with E-state index >= 15 is 0 Å². The lowest BCUT2D eigenvalue weighted by Gasteiger charge is -2.32. The molecule has 1 saturated heterocycles. The highest BCUT2D eigenvalue weighted by atomic mass is 16.6. The van der Waals surface area contributed by atoms with Crippen LogP contribution in [0.3, 0.4) is 0 Å². The smallest absolute Gasteiger partial charge is 0.336 e. The van der Waals surface area contributed by atoms with E-state index in [0.29, 0.717) is 49.1 Å². The Kier molecular flexibility index (Phi) is 5.57. The molecule has 0 aliphatic carbocycles. The fourth-order valence-electron chi connectivity index (χ4n) is 4.27. The lowest BCUT2D eigenvalue weighted by atomic mass is 10.0. The standard InChI is InChI=1S/C24H22N2O7/c1-15-12-23(27)33-22-14-17(3-4-18(15)22)31-9-6-21-24(25-7-10-30-11-8-25)19-13-16(26(28)29)2-5-20(19)32-21/h2-6,12-14,24H,7-11H2,1H3/b21-6-. The third kappa shape index (κ3) is 4.20. The molecule has 1 fully saturated rings. The van der Waals surface area contributed by atoms with E-state index in [4.69, 9.17) is 18.6 Å². The minimum Gasteiger partial charge on any atom is -0.489 e. The lowest BCUT2D eigenvalue weighted by molar-refractivity contribution is -0.384. The Hall–Kier alpha value is -3.69.